The van der Waals surface area contributed by atoms with Crippen molar-refractivity contribution in [3.8, 4) is 0 Å². The van der Waals surface area contributed by atoms with Gasteiger partial charge in [0.15, 0.2) is 0 Å². The van der Waals surface area contributed by atoms with Crippen LogP contribution in [0.5, 0.6) is 0 Å². The Bertz CT molecular complexity index is 1300. The number of nitrogens with two attached hydrogens (primary N) is 1. The number of aryl methyl sites for hydroxylation is 1. The fourth-order valence-electron chi connectivity index (χ4n) is 5.98. The van der Waals surface area contributed by atoms with Gasteiger partial charge < -0.3 is 25.4 Å². The lowest BCUT2D eigenvalue weighted by Gasteiger charge is -2.30. The fourth-order valence-corrected chi connectivity index (χ4v) is 5.98. The van der Waals surface area contributed by atoms with Crippen LogP contribution < -0.4 is 11.1 Å². The number of amides is 3. The van der Waals surface area contributed by atoms with Crippen LogP contribution in [0.3, 0.4) is 0 Å². The van der Waals surface area contributed by atoms with Crippen LogP contribution in [0, 0.1) is 11.7 Å². The van der Waals surface area contributed by atoms with E-state index < -0.39 is 24.1 Å². The SMILES string of the molecule is C[C@@H](C1CC1)N(Cc1ccc(F)cc1)C(=O)CN1C(=O)OC2(CCc3cc(NC4COCC4N)ccc32)C1=O. The van der Waals surface area contributed by atoms with E-state index in [1.165, 1.54) is 12.1 Å². The number of halogens is 1. The van der Waals surface area contributed by atoms with Crippen LogP contribution in [0.1, 0.15) is 42.9 Å². The summed E-state index contributed by atoms with van der Waals surface area (Å²) in [6, 6.07) is 11.5. The predicted molar refractivity (Wildman–Crippen MR) is 140 cm³/mol. The highest BCUT2D eigenvalue weighted by Crippen LogP contribution is 2.46. The number of hydrogen-bond acceptors (Lipinski definition) is 7. The lowest BCUT2D eigenvalue weighted by atomic mass is 9.94. The molecule has 206 valence electrons. The molecule has 4 atom stereocenters. The van der Waals surface area contributed by atoms with E-state index in [0.717, 1.165) is 34.6 Å². The van der Waals surface area contributed by atoms with Crippen molar-refractivity contribution < 1.29 is 28.2 Å². The van der Waals surface area contributed by atoms with Crippen LogP contribution in [-0.4, -0.2) is 65.6 Å². The van der Waals surface area contributed by atoms with Crippen molar-refractivity contribution in [1.82, 2.24) is 9.80 Å². The lowest BCUT2D eigenvalue weighted by molar-refractivity contribution is -0.143. The zero-order valence-electron chi connectivity index (χ0n) is 21.9. The molecule has 3 N–H and O–H groups in total. The number of ether oxygens (including phenoxy) is 2. The highest BCUT2D eigenvalue weighted by Gasteiger charge is 2.58. The number of anilines is 1. The summed E-state index contributed by atoms with van der Waals surface area (Å²) in [6.45, 7) is 2.89. The molecule has 3 amide bonds. The standard InChI is InChI=1S/C29H33FN4O5/c1-17(19-4-5-19)33(13-18-2-6-21(30)7-3-18)26(35)14-34-27(36)29(39-28(34)37)11-10-20-12-22(8-9-23(20)29)32-25-16-38-15-24(25)31/h2-3,6-9,12,17,19,24-25,32H,4-5,10-11,13-16,31H2,1H3/t17-,24?,25?,29?/m0/s1. The van der Waals surface area contributed by atoms with Gasteiger partial charge in [-0.25, -0.2) is 14.1 Å². The third-order valence-corrected chi connectivity index (χ3v) is 8.51. The Hall–Kier alpha value is -3.50. The quantitative estimate of drug-likeness (QED) is 0.533. The number of benzene rings is 2. The maximum Gasteiger partial charge on any atom is 0.418 e. The molecule has 2 heterocycles. The summed E-state index contributed by atoms with van der Waals surface area (Å²) in [5.41, 5.74) is 7.90. The van der Waals surface area contributed by atoms with E-state index in [0.29, 0.717) is 37.5 Å². The van der Waals surface area contributed by atoms with Gasteiger partial charge in [-0.15, -0.1) is 0 Å². The molecule has 2 aliphatic carbocycles. The molecule has 3 fully saturated rings. The summed E-state index contributed by atoms with van der Waals surface area (Å²) in [5.74, 6) is -0.823. The average Bonchev–Trinajstić information content (AvgIpc) is 3.55. The first kappa shape index (κ1) is 25.8. The molecule has 3 unspecified atom stereocenters. The second-order valence-corrected chi connectivity index (χ2v) is 11.1. The predicted octanol–water partition coefficient (Wildman–Crippen LogP) is 2.91. The van der Waals surface area contributed by atoms with Crippen molar-refractivity contribution >= 4 is 23.6 Å². The number of rotatable bonds is 8. The van der Waals surface area contributed by atoms with E-state index in [2.05, 4.69) is 5.32 Å². The Kier molecular flexibility index (Phi) is 6.55. The maximum absolute atomic E-state index is 13.7. The number of fused-ring (bicyclic) bond motifs is 2. The molecular formula is C29H33FN4O5. The Balaban J connectivity index is 1.19. The zero-order chi connectivity index (χ0) is 27.3. The third kappa shape index (κ3) is 4.76. The summed E-state index contributed by atoms with van der Waals surface area (Å²) in [7, 11) is 0. The van der Waals surface area contributed by atoms with Gasteiger partial charge in [0.25, 0.3) is 5.91 Å². The number of hydrogen-bond donors (Lipinski definition) is 2. The Morgan fingerprint density at radius 2 is 1.97 bits per heavy atom. The molecular weight excluding hydrogens is 503 g/mol. The highest BCUT2D eigenvalue weighted by molar-refractivity contribution is 6.06. The van der Waals surface area contributed by atoms with E-state index in [9.17, 15) is 18.8 Å². The van der Waals surface area contributed by atoms with Gasteiger partial charge in [-0.3, -0.25) is 9.59 Å². The van der Waals surface area contributed by atoms with Gasteiger partial charge >= 0.3 is 6.09 Å². The summed E-state index contributed by atoms with van der Waals surface area (Å²) in [6.07, 6.45) is 2.13. The van der Waals surface area contributed by atoms with Crippen molar-refractivity contribution in [2.75, 3.05) is 25.1 Å². The van der Waals surface area contributed by atoms with Gasteiger partial charge in [0.2, 0.25) is 11.5 Å². The van der Waals surface area contributed by atoms with Crippen LogP contribution in [0.4, 0.5) is 14.9 Å². The molecule has 0 aromatic heterocycles. The van der Waals surface area contributed by atoms with Gasteiger partial charge in [0, 0.05) is 30.3 Å². The Morgan fingerprint density at radius 1 is 1.21 bits per heavy atom. The molecule has 0 radical (unpaired) electrons. The van der Waals surface area contributed by atoms with Gasteiger partial charge in [-0.1, -0.05) is 18.2 Å². The van der Waals surface area contributed by atoms with Crippen LogP contribution in [0.25, 0.3) is 0 Å². The second-order valence-electron chi connectivity index (χ2n) is 11.1. The van der Waals surface area contributed by atoms with Crippen molar-refractivity contribution in [2.45, 2.75) is 62.9 Å². The molecule has 39 heavy (non-hydrogen) atoms. The molecule has 2 aromatic rings. The highest BCUT2D eigenvalue weighted by atomic mass is 19.1. The van der Waals surface area contributed by atoms with Gasteiger partial charge in [0.1, 0.15) is 12.4 Å². The number of imide groups is 1. The molecule has 9 nitrogen and oxygen atoms in total. The summed E-state index contributed by atoms with van der Waals surface area (Å²) >= 11 is 0. The van der Waals surface area contributed by atoms with Crippen LogP contribution in [0.2, 0.25) is 0 Å². The van der Waals surface area contributed by atoms with Crippen molar-refractivity contribution in [3.63, 3.8) is 0 Å². The number of nitrogens with one attached hydrogen (secondary N) is 1. The first-order valence-electron chi connectivity index (χ1n) is 13.6. The molecule has 2 saturated heterocycles. The zero-order valence-corrected chi connectivity index (χ0v) is 21.9. The lowest BCUT2D eigenvalue weighted by Crippen LogP contribution is -2.47. The van der Waals surface area contributed by atoms with Gasteiger partial charge in [0.05, 0.1) is 25.3 Å². The first-order chi connectivity index (χ1) is 18.7. The second kappa shape index (κ2) is 9.91. The van der Waals surface area contributed by atoms with Gasteiger partial charge in [-0.05, 0) is 67.5 Å². The molecule has 6 rings (SSSR count). The number of carbonyl (C=O) groups is 3. The molecule has 1 saturated carbocycles. The number of carbonyl (C=O) groups excluding carboxylic acids is 3. The van der Waals surface area contributed by atoms with Crippen molar-refractivity contribution in [1.29, 1.82) is 0 Å². The fraction of sp³-hybridized carbons (Fsp3) is 0.483. The molecule has 4 aliphatic rings. The van der Waals surface area contributed by atoms with Crippen molar-refractivity contribution in [2.24, 2.45) is 11.7 Å². The maximum atomic E-state index is 13.7. The smallest absolute Gasteiger partial charge is 0.418 e. The molecule has 2 aromatic carbocycles. The van der Waals surface area contributed by atoms with E-state index >= 15 is 0 Å². The third-order valence-electron chi connectivity index (χ3n) is 8.51. The van der Waals surface area contributed by atoms with E-state index in [1.807, 2.05) is 25.1 Å². The number of nitrogens with zero attached hydrogens (tertiary/aromatic N) is 2. The average molecular weight is 537 g/mol. The summed E-state index contributed by atoms with van der Waals surface area (Å²) in [5, 5.41) is 3.39. The minimum Gasteiger partial charge on any atom is -0.427 e. The first-order valence-corrected chi connectivity index (χ1v) is 13.6. The Labute approximate surface area is 226 Å². The topological polar surface area (TPSA) is 114 Å². The van der Waals surface area contributed by atoms with Gasteiger partial charge in [-0.2, -0.15) is 0 Å². The van der Waals surface area contributed by atoms with Crippen molar-refractivity contribution in [3.05, 3.63) is 65.0 Å². The summed E-state index contributed by atoms with van der Waals surface area (Å²) < 4.78 is 24.6. The van der Waals surface area contributed by atoms with Crippen LogP contribution >= 0.6 is 0 Å². The van der Waals surface area contributed by atoms with Crippen LogP contribution in [0.15, 0.2) is 42.5 Å². The normalized spacial score (nSPS) is 26.6. The monoisotopic (exact) mass is 536 g/mol. The molecule has 1 spiro atoms. The molecule has 2 aliphatic heterocycles. The minimum atomic E-state index is -1.41. The Morgan fingerprint density at radius 3 is 2.67 bits per heavy atom. The largest absolute Gasteiger partial charge is 0.427 e. The minimum absolute atomic E-state index is 0.00161. The van der Waals surface area contributed by atoms with E-state index in [4.69, 9.17) is 15.2 Å². The van der Waals surface area contributed by atoms with E-state index in [1.54, 1.807) is 17.0 Å². The molecule has 0 bridgehead atoms. The van der Waals surface area contributed by atoms with Crippen LogP contribution in [-0.2, 0) is 37.6 Å². The molecule has 10 heteroatoms. The summed E-state index contributed by atoms with van der Waals surface area (Å²) in [4.78, 5) is 42.9. The van der Waals surface area contributed by atoms with E-state index in [-0.39, 0.29) is 36.4 Å².